The molecule has 2 aliphatic heterocycles. The summed E-state index contributed by atoms with van der Waals surface area (Å²) in [5, 5.41) is 7.25. The van der Waals surface area contributed by atoms with Crippen LogP contribution in [0.1, 0.15) is 47.5 Å². The molecule has 184 valence electrons. The SMILES string of the molecule is COc1ccccc1C1CCN(C(=O)C2(NC(=O)c3c(SC)nsc3SC)CCNCC2)CC1. The highest BCUT2D eigenvalue weighted by atomic mass is 32.2. The first-order valence-electron chi connectivity index (χ1n) is 11.6. The Kier molecular flexibility index (Phi) is 8.44. The number of likely N-dealkylation sites (tertiary alicyclic amines) is 1. The number of carbonyl (C=O) groups is 2. The average Bonchev–Trinajstić information content (AvgIpc) is 3.32. The highest BCUT2D eigenvalue weighted by Gasteiger charge is 2.45. The van der Waals surface area contributed by atoms with Crippen molar-refractivity contribution in [2.24, 2.45) is 0 Å². The lowest BCUT2D eigenvalue weighted by Crippen LogP contribution is -2.64. The fourth-order valence-corrected chi connectivity index (χ4v) is 7.23. The number of rotatable bonds is 7. The van der Waals surface area contributed by atoms with Crippen LogP contribution < -0.4 is 15.4 Å². The number of benzene rings is 1. The Morgan fingerprint density at radius 1 is 1.18 bits per heavy atom. The average molecular weight is 521 g/mol. The van der Waals surface area contributed by atoms with E-state index >= 15 is 0 Å². The number of ether oxygens (including phenoxy) is 1. The molecule has 2 N–H and O–H groups in total. The molecular weight excluding hydrogens is 488 g/mol. The number of aromatic nitrogens is 1. The number of amides is 2. The van der Waals surface area contributed by atoms with Gasteiger partial charge in [0.2, 0.25) is 5.91 Å². The number of carbonyl (C=O) groups excluding carboxylic acids is 2. The summed E-state index contributed by atoms with van der Waals surface area (Å²) in [5.74, 6) is 1.12. The monoisotopic (exact) mass is 520 g/mol. The molecule has 3 heterocycles. The molecule has 0 radical (unpaired) electrons. The molecule has 2 fully saturated rings. The molecule has 0 bridgehead atoms. The zero-order valence-electron chi connectivity index (χ0n) is 19.9. The second-order valence-corrected chi connectivity index (χ2v) is 11.3. The van der Waals surface area contributed by atoms with Crippen LogP contribution in [0, 0.1) is 0 Å². The van der Waals surface area contributed by atoms with Crippen LogP contribution in [0.5, 0.6) is 5.75 Å². The van der Waals surface area contributed by atoms with E-state index in [4.69, 9.17) is 4.74 Å². The van der Waals surface area contributed by atoms with E-state index in [1.165, 1.54) is 40.6 Å². The van der Waals surface area contributed by atoms with E-state index in [-0.39, 0.29) is 11.8 Å². The maximum Gasteiger partial charge on any atom is 0.256 e. The lowest BCUT2D eigenvalue weighted by atomic mass is 9.84. The highest BCUT2D eigenvalue weighted by molar-refractivity contribution is 8.01. The van der Waals surface area contributed by atoms with Crippen molar-refractivity contribution in [1.29, 1.82) is 0 Å². The summed E-state index contributed by atoms with van der Waals surface area (Å²) in [5.41, 5.74) is 0.930. The zero-order chi connectivity index (χ0) is 24.1. The molecule has 7 nitrogen and oxygen atoms in total. The van der Waals surface area contributed by atoms with Gasteiger partial charge in [-0.25, -0.2) is 0 Å². The van der Waals surface area contributed by atoms with Crippen LogP contribution in [0.2, 0.25) is 0 Å². The van der Waals surface area contributed by atoms with Crippen molar-refractivity contribution in [2.45, 2.75) is 46.4 Å². The molecule has 2 amide bonds. The minimum absolute atomic E-state index is 0.0421. The number of nitrogens with zero attached hydrogens (tertiary/aromatic N) is 2. The number of nitrogens with one attached hydrogen (secondary N) is 2. The number of hydrogen-bond donors (Lipinski definition) is 2. The molecule has 34 heavy (non-hydrogen) atoms. The Labute approximate surface area is 213 Å². The van der Waals surface area contributed by atoms with Crippen molar-refractivity contribution >= 4 is 46.9 Å². The Bertz CT molecular complexity index is 993. The van der Waals surface area contributed by atoms with Crippen LogP contribution in [0.4, 0.5) is 0 Å². The molecule has 0 saturated carbocycles. The molecule has 0 atom stereocenters. The summed E-state index contributed by atoms with van der Waals surface area (Å²) in [6.07, 6.45) is 6.82. The molecule has 0 aliphatic carbocycles. The summed E-state index contributed by atoms with van der Waals surface area (Å²) < 4.78 is 10.9. The standard InChI is InChI=1S/C24H32N4O3S3/c1-31-18-7-5-4-6-17(18)16-8-14-28(15-9-16)23(30)24(10-12-25-13-11-24)26-20(29)19-21(32-2)27-34-22(19)33-3/h4-7,16,25H,8-15H2,1-3H3,(H,26,29). The Hall–Kier alpha value is -1.75. The van der Waals surface area contributed by atoms with E-state index in [1.807, 2.05) is 35.6 Å². The summed E-state index contributed by atoms with van der Waals surface area (Å²) in [6, 6.07) is 8.15. The maximum atomic E-state index is 13.9. The number of piperidine rings is 2. The highest BCUT2D eigenvalue weighted by Crippen LogP contribution is 2.36. The lowest BCUT2D eigenvalue weighted by molar-refractivity contribution is -0.140. The molecule has 1 aromatic heterocycles. The van der Waals surface area contributed by atoms with Crippen molar-refractivity contribution in [2.75, 3.05) is 45.8 Å². The van der Waals surface area contributed by atoms with Gasteiger partial charge >= 0.3 is 0 Å². The van der Waals surface area contributed by atoms with Crippen LogP contribution in [-0.2, 0) is 4.79 Å². The summed E-state index contributed by atoms with van der Waals surface area (Å²) in [4.78, 5) is 29.3. The maximum absolute atomic E-state index is 13.9. The van der Waals surface area contributed by atoms with Crippen molar-refractivity contribution in [3.63, 3.8) is 0 Å². The van der Waals surface area contributed by atoms with Gasteiger partial charge in [0, 0.05) is 13.1 Å². The van der Waals surface area contributed by atoms with E-state index in [1.54, 1.807) is 7.11 Å². The van der Waals surface area contributed by atoms with Crippen LogP contribution in [0.15, 0.2) is 33.5 Å². The number of hydrogen-bond acceptors (Lipinski definition) is 8. The van der Waals surface area contributed by atoms with Gasteiger partial charge in [0.1, 0.15) is 16.3 Å². The normalized spacial score (nSPS) is 18.5. The minimum atomic E-state index is -0.882. The lowest BCUT2D eigenvalue weighted by Gasteiger charge is -2.42. The third kappa shape index (κ3) is 5.10. The Morgan fingerprint density at radius 2 is 1.88 bits per heavy atom. The molecule has 1 aromatic carbocycles. The Morgan fingerprint density at radius 3 is 2.53 bits per heavy atom. The van der Waals surface area contributed by atoms with Crippen LogP contribution >= 0.6 is 35.1 Å². The molecule has 0 unspecified atom stereocenters. The molecular formula is C24H32N4O3S3. The van der Waals surface area contributed by atoms with E-state index < -0.39 is 5.54 Å². The van der Waals surface area contributed by atoms with Gasteiger partial charge < -0.3 is 20.3 Å². The van der Waals surface area contributed by atoms with Crippen molar-refractivity contribution in [1.82, 2.24) is 19.9 Å². The van der Waals surface area contributed by atoms with Gasteiger partial charge in [-0.3, -0.25) is 9.59 Å². The number of methoxy groups -OCH3 is 1. The van der Waals surface area contributed by atoms with Crippen LogP contribution in [-0.4, -0.2) is 72.4 Å². The number of thioether (sulfide) groups is 2. The largest absolute Gasteiger partial charge is 0.496 e. The number of para-hydroxylation sites is 1. The van der Waals surface area contributed by atoms with Crippen molar-refractivity contribution < 1.29 is 14.3 Å². The van der Waals surface area contributed by atoms with Gasteiger partial charge in [0.15, 0.2) is 0 Å². The van der Waals surface area contributed by atoms with Gasteiger partial charge in [-0.1, -0.05) is 18.2 Å². The quantitative estimate of drug-likeness (QED) is 0.537. The predicted molar refractivity (Wildman–Crippen MR) is 140 cm³/mol. The first-order chi connectivity index (χ1) is 16.5. The predicted octanol–water partition coefficient (Wildman–Crippen LogP) is 3.85. The zero-order valence-corrected chi connectivity index (χ0v) is 22.3. The fourth-order valence-electron chi connectivity index (χ4n) is 4.96. The third-order valence-electron chi connectivity index (χ3n) is 6.82. The fraction of sp³-hybridized carbons (Fsp3) is 0.542. The summed E-state index contributed by atoms with van der Waals surface area (Å²) >= 11 is 4.33. The van der Waals surface area contributed by atoms with Crippen LogP contribution in [0.3, 0.4) is 0 Å². The topological polar surface area (TPSA) is 83.6 Å². The van der Waals surface area contributed by atoms with Crippen LogP contribution in [0.25, 0.3) is 0 Å². The molecule has 4 rings (SSSR count). The summed E-state index contributed by atoms with van der Waals surface area (Å²) in [7, 11) is 1.70. The van der Waals surface area contributed by atoms with Gasteiger partial charge in [0.25, 0.3) is 5.91 Å². The van der Waals surface area contributed by atoms with Crippen molar-refractivity contribution in [3.05, 3.63) is 35.4 Å². The second-order valence-electron chi connectivity index (χ2n) is 8.65. The van der Waals surface area contributed by atoms with E-state index in [0.717, 1.165) is 27.8 Å². The van der Waals surface area contributed by atoms with Gasteiger partial charge in [-0.05, 0) is 80.4 Å². The van der Waals surface area contributed by atoms with E-state index in [9.17, 15) is 9.59 Å². The molecule has 10 heteroatoms. The second kappa shape index (κ2) is 11.3. The van der Waals surface area contributed by atoms with Gasteiger partial charge in [-0.2, -0.15) is 4.37 Å². The molecule has 0 spiro atoms. The Balaban J connectivity index is 1.50. The molecule has 2 aromatic rings. The first kappa shape index (κ1) is 25.3. The minimum Gasteiger partial charge on any atom is -0.496 e. The van der Waals surface area contributed by atoms with E-state index in [0.29, 0.717) is 50.5 Å². The van der Waals surface area contributed by atoms with Crippen molar-refractivity contribution in [3.8, 4) is 5.75 Å². The molecule has 2 aliphatic rings. The van der Waals surface area contributed by atoms with Gasteiger partial charge in [-0.15, -0.1) is 23.5 Å². The van der Waals surface area contributed by atoms with E-state index in [2.05, 4.69) is 21.1 Å². The third-order valence-corrected chi connectivity index (χ3v) is 9.56. The first-order valence-corrected chi connectivity index (χ1v) is 14.8. The van der Waals surface area contributed by atoms with Gasteiger partial charge in [0.05, 0.1) is 16.9 Å². The molecule has 2 saturated heterocycles. The summed E-state index contributed by atoms with van der Waals surface area (Å²) in [6.45, 7) is 2.77. The smallest absolute Gasteiger partial charge is 0.256 e.